The van der Waals surface area contributed by atoms with Crippen LogP contribution in [0.4, 0.5) is 27.3 Å². The van der Waals surface area contributed by atoms with E-state index >= 15 is 0 Å². The van der Waals surface area contributed by atoms with Crippen molar-refractivity contribution in [2.24, 2.45) is 11.7 Å². The summed E-state index contributed by atoms with van der Waals surface area (Å²) in [6.07, 6.45) is 5.96. The molecular weight excluding hydrogens is 411 g/mol. The zero-order valence-corrected chi connectivity index (χ0v) is 17.5. The SMILES string of the molecule is CN(C(=O)C1CC1)c1ccc(Nc2cc(NCc3cncc(F)c3)c(C(N)=O)cn2)cc1. The normalized spacial score (nSPS) is 12.8. The summed E-state index contributed by atoms with van der Waals surface area (Å²) < 4.78 is 13.4. The first-order valence-corrected chi connectivity index (χ1v) is 10.2. The number of anilines is 4. The Labute approximate surface area is 184 Å². The van der Waals surface area contributed by atoms with Gasteiger partial charge >= 0.3 is 0 Å². The Bertz CT molecular complexity index is 1150. The summed E-state index contributed by atoms with van der Waals surface area (Å²) in [5, 5.41) is 6.25. The van der Waals surface area contributed by atoms with E-state index in [9.17, 15) is 14.0 Å². The van der Waals surface area contributed by atoms with Gasteiger partial charge in [-0.2, -0.15) is 0 Å². The Balaban J connectivity index is 1.47. The van der Waals surface area contributed by atoms with E-state index < -0.39 is 11.7 Å². The number of pyridine rings is 2. The van der Waals surface area contributed by atoms with Crippen LogP contribution in [0.15, 0.2) is 55.0 Å². The number of carbonyl (C=O) groups is 2. The summed E-state index contributed by atoms with van der Waals surface area (Å²) in [5.41, 5.74) is 8.34. The molecule has 3 aromatic rings. The van der Waals surface area contributed by atoms with E-state index in [-0.39, 0.29) is 23.9 Å². The molecule has 0 atom stereocenters. The molecule has 32 heavy (non-hydrogen) atoms. The number of aromatic nitrogens is 2. The van der Waals surface area contributed by atoms with E-state index in [0.29, 0.717) is 17.1 Å². The van der Waals surface area contributed by atoms with Crippen LogP contribution >= 0.6 is 0 Å². The number of benzene rings is 1. The molecule has 0 aliphatic heterocycles. The third-order valence-corrected chi connectivity index (χ3v) is 5.20. The average Bonchev–Trinajstić information content (AvgIpc) is 3.63. The van der Waals surface area contributed by atoms with Gasteiger partial charge in [0.1, 0.15) is 11.6 Å². The summed E-state index contributed by atoms with van der Waals surface area (Å²) in [6, 6.07) is 10.4. The number of nitrogens with two attached hydrogens (primary N) is 1. The first kappa shape index (κ1) is 21.2. The number of primary amides is 1. The van der Waals surface area contributed by atoms with E-state index in [1.165, 1.54) is 18.5 Å². The van der Waals surface area contributed by atoms with Crippen LogP contribution in [0.3, 0.4) is 0 Å². The predicted octanol–water partition coefficient (Wildman–Crippen LogP) is 3.44. The Morgan fingerprint density at radius 3 is 2.56 bits per heavy atom. The van der Waals surface area contributed by atoms with Crippen molar-refractivity contribution in [1.29, 1.82) is 0 Å². The highest BCUT2D eigenvalue weighted by atomic mass is 19.1. The Morgan fingerprint density at radius 2 is 1.91 bits per heavy atom. The first-order valence-electron chi connectivity index (χ1n) is 10.2. The van der Waals surface area contributed by atoms with Crippen molar-refractivity contribution in [2.75, 3.05) is 22.6 Å². The quantitative estimate of drug-likeness (QED) is 0.501. The Hall–Kier alpha value is -4.01. The van der Waals surface area contributed by atoms with Gasteiger partial charge in [0.2, 0.25) is 5.91 Å². The van der Waals surface area contributed by atoms with Crippen LogP contribution in [-0.4, -0.2) is 28.8 Å². The van der Waals surface area contributed by atoms with Crippen LogP contribution in [0.25, 0.3) is 0 Å². The molecule has 9 heteroatoms. The lowest BCUT2D eigenvalue weighted by Gasteiger charge is -2.18. The van der Waals surface area contributed by atoms with Gasteiger partial charge in [-0.25, -0.2) is 9.37 Å². The number of hydrogen-bond acceptors (Lipinski definition) is 6. The van der Waals surface area contributed by atoms with Gasteiger partial charge in [0, 0.05) is 49.3 Å². The highest BCUT2D eigenvalue weighted by Crippen LogP contribution is 2.32. The molecule has 8 nitrogen and oxygen atoms in total. The van der Waals surface area contributed by atoms with Gasteiger partial charge in [0.25, 0.3) is 5.91 Å². The number of carbonyl (C=O) groups excluding carboxylic acids is 2. The van der Waals surface area contributed by atoms with Crippen molar-refractivity contribution < 1.29 is 14.0 Å². The molecule has 0 unspecified atom stereocenters. The molecule has 0 spiro atoms. The fourth-order valence-electron chi connectivity index (χ4n) is 3.26. The van der Waals surface area contributed by atoms with Crippen molar-refractivity contribution in [3.63, 3.8) is 0 Å². The van der Waals surface area contributed by atoms with Gasteiger partial charge in [-0.3, -0.25) is 14.6 Å². The predicted molar refractivity (Wildman–Crippen MR) is 120 cm³/mol. The minimum absolute atomic E-state index is 0.138. The van der Waals surface area contributed by atoms with Crippen LogP contribution in [-0.2, 0) is 11.3 Å². The van der Waals surface area contributed by atoms with E-state index in [4.69, 9.17) is 5.73 Å². The molecule has 4 rings (SSSR count). The molecule has 4 N–H and O–H groups in total. The van der Waals surface area contributed by atoms with Crippen LogP contribution in [0, 0.1) is 11.7 Å². The van der Waals surface area contributed by atoms with Gasteiger partial charge in [-0.1, -0.05) is 0 Å². The molecule has 1 aliphatic carbocycles. The maximum Gasteiger partial charge on any atom is 0.252 e. The van der Waals surface area contributed by atoms with Crippen LogP contribution < -0.4 is 21.3 Å². The largest absolute Gasteiger partial charge is 0.380 e. The van der Waals surface area contributed by atoms with Gasteiger partial charge < -0.3 is 21.3 Å². The third-order valence-electron chi connectivity index (χ3n) is 5.20. The Morgan fingerprint density at radius 1 is 1.16 bits per heavy atom. The standard InChI is InChI=1S/C23H23FN6O2/c1-30(23(32)15-2-3-15)18-6-4-17(5-7-18)29-21-9-20(19(13-28-21)22(25)31)27-11-14-8-16(24)12-26-10-14/h4-10,12-13,15H,2-3,11H2,1H3,(H2,25,31)(H2,27,28,29). The molecule has 1 aromatic carbocycles. The number of amides is 2. The number of rotatable bonds is 8. The summed E-state index contributed by atoms with van der Waals surface area (Å²) in [5.74, 6) is -0.287. The number of hydrogen-bond donors (Lipinski definition) is 3. The molecule has 0 radical (unpaired) electrons. The second-order valence-electron chi connectivity index (χ2n) is 7.69. The monoisotopic (exact) mass is 434 g/mol. The molecule has 164 valence electrons. The molecule has 1 aliphatic rings. The van der Waals surface area contributed by atoms with Crippen molar-refractivity contribution in [3.05, 3.63) is 71.9 Å². The van der Waals surface area contributed by atoms with Gasteiger partial charge in [-0.15, -0.1) is 0 Å². The first-order chi connectivity index (χ1) is 15.4. The summed E-state index contributed by atoms with van der Waals surface area (Å²) in [6.45, 7) is 0.255. The zero-order valence-electron chi connectivity index (χ0n) is 17.5. The van der Waals surface area contributed by atoms with Crippen LogP contribution in [0.1, 0.15) is 28.8 Å². The number of nitrogens with one attached hydrogen (secondary N) is 2. The van der Waals surface area contributed by atoms with Crippen LogP contribution in [0.2, 0.25) is 0 Å². The van der Waals surface area contributed by atoms with Gasteiger partial charge in [0.15, 0.2) is 0 Å². The van der Waals surface area contributed by atoms with E-state index in [1.807, 2.05) is 24.3 Å². The van der Waals surface area contributed by atoms with Gasteiger partial charge in [-0.05, 0) is 48.7 Å². The highest BCUT2D eigenvalue weighted by Gasteiger charge is 2.32. The lowest BCUT2D eigenvalue weighted by molar-refractivity contribution is -0.119. The maximum atomic E-state index is 13.4. The second-order valence-corrected chi connectivity index (χ2v) is 7.69. The summed E-state index contributed by atoms with van der Waals surface area (Å²) >= 11 is 0. The molecule has 2 aromatic heterocycles. The Kier molecular flexibility index (Phi) is 5.98. The minimum Gasteiger partial charge on any atom is -0.380 e. The van der Waals surface area contributed by atoms with Crippen molar-refractivity contribution in [3.8, 4) is 0 Å². The summed E-state index contributed by atoms with van der Waals surface area (Å²) in [4.78, 5) is 33.7. The molecule has 0 saturated heterocycles. The fraction of sp³-hybridized carbons (Fsp3) is 0.217. The molecule has 2 amide bonds. The summed E-state index contributed by atoms with van der Waals surface area (Å²) in [7, 11) is 1.78. The molecule has 1 saturated carbocycles. The molecular formula is C23H23FN6O2. The third kappa shape index (κ3) is 5.00. The topological polar surface area (TPSA) is 113 Å². The fourth-order valence-corrected chi connectivity index (χ4v) is 3.26. The molecule has 0 bridgehead atoms. The minimum atomic E-state index is -0.628. The van der Waals surface area contributed by atoms with E-state index in [1.54, 1.807) is 18.0 Å². The molecule has 2 heterocycles. The number of nitrogens with zero attached hydrogens (tertiary/aromatic N) is 3. The smallest absolute Gasteiger partial charge is 0.252 e. The lowest BCUT2D eigenvalue weighted by atomic mass is 10.2. The van der Waals surface area contributed by atoms with Gasteiger partial charge in [0.05, 0.1) is 17.4 Å². The van der Waals surface area contributed by atoms with Crippen molar-refractivity contribution in [2.45, 2.75) is 19.4 Å². The number of halogens is 1. The van der Waals surface area contributed by atoms with E-state index in [0.717, 1.165) is 30.4 Å². The molecule has 1 fully saturated rings. The van der Waals surface area contributed by atoms with E-state index in [2.05, 4.69) is 20.6 Å². The zero-order chi connectivity index (χ0) is 22.7. The second kappa shape index (κ2) is 9.01. The van der Waals surface area contributed by atoms with Crippen molar-refractivity contribution >= 4 is 34.7 Å². The lowest BCUT2D eigenvalue weighted by Crippen LogP contribution is -2.27. The average molecular weight is 434 g/mol. The highest BCUT2D eigenvalue weighted by molar-refractivity contribution is 5.98. The maximum absolute atomic E-state index is 13.4. The van der Waals surface area contributed by atoms with Crippen LogP contribution in [0.5, 0.6) is 0 Å². The van der Waals surface area contributed by atoms with Crippen molar-refractivity contribution in [1.82, 2.24) is 9.97 Å².